The van der Waals surface area contributed by atoms with Gasteiger partial charge in [0.25, 0.3) is 0 Å². The Morgan fingerprint density at radius 2 is 2.21 bits per heavy atom. The topological polar surface area (TPSA) is 86.7 Å². The number of carbonyl (C=O) groups excluding carboxylic acids is 1. The number of aromatic nitrogens is 4. The number of carbonyl (C=O) groups is 1. The normalized spacial score (nSPS) is 10.4. The van der Waals surface area contributed by atoms with E-state index in [1.807, 2.05) is 0 Å². The standard InChI is InChI=1S/C8H15N5O/c9-5-3-1-2-4-8(14)6-13-7-10-11-12-13/h7H,1-6,9H2. The van der Waals surface area contributed by atoms with E-state index < -0.39 is 0 Å². The van der Waals surface area contributed by atoms with Gasteiger partial charge in [-0.15, -0.1) is 5.10 Å². The van der Waals surface area contributed by atoms with Crippen LogP contribution < -0.4 is 5.73 Å². The number of nitrogens with two attached hydrogens (primary N) is 1. The Balaban J connectivity index is 2.11. The molecule has 6 nitrogen and oxygen atoms in total. The molecule has 0 fully saturated rings. The quantitative estimate of drug-likeness (QED) is 0.610. The highest BCUT2D eigenvalue weighted by molar-refractivity contribution is 5.77. The van der Waals surface area contributed by atoms with Gasteiger partial charge in [-0.2, -0.15) is 0 Å². The zero-order valence-corrected chi connectivity index (χ0v) is 8.09. The van der Waals surface area contributed by atoms with Gasteiger partial charge in [0.2, 0.25) is 0 Å². The number of unbranched alkanes of at least 4 members (excludes halogenated alkanes) is 2. The van der Waals surface area contributed by atoms with Gasteiger partial charge in [0, 0.05) is 6.42 Å². The maximum Gasteiger partial charge on any atom is 0.154 e. The number of rotatable bonds is 7. The SMILES string of the molecule is NCCCCCC(=O)Cn1cnnn1. The fraction of sp³-hybridized carbons (Fsp3) is 0.750. The van der Waals surface area contributed by atoms with Crippen LogP contribution in [0.1, 0.15) is 25.7 Å². The smallest absolute Gasteiger partial charge is 0.154 e. The zero-order valence-electron chi connectivity index (χ0n) is 8.09. The van der Waals surface area contributed by atoms with Crippen molar-refractivity contribution in [3.63, 3.8) is 0 Å². The summed E-state index contributed by atoms with van der Waals surface area (Å²) in [4.78, 5) is 11.3. The Kier molecular flexibility index (Phi) is 4.77. The molecule has 0 aliphatic rings. The lowest BCUT2D eigenvalue weighted by molar-refractivity contribution is -0.119. The Bertz CT molecular complexity index is 259. The summed E-state index contributed by atoms with van der Waals surface area (Å²) in [5.41, 5.74) is 5.34. The van der Waals surface area contributed by atoms with Gasteiger partial charge in [-0.25, -0.2) is 4.68 Å². The first-order valence-corrected chi connectivity index (χ1v) is 4.75. The summed E-state index contributed by atoms with van der Waals surface area (Å²) in [5, 5.41) is 10.5. The van der Waals surface area contributed by atoms with Crippen LogP contribution in [-0.4, -0.2) is 32.5 Å². The predicted octanol–water partition coefficient (Wildman–Crippen LogP) is -0.239. The number of Topliss-reactive ketones (excluding diaryl/α,β-unsaturated/α-hetero) is 1. The number of tetrazole rings is 1. The van der Waals surface area contributed by atoms with Crippen LogP contribution in [0.4, 0.5) is 0 Å². The average Bonchev–Trinajstić information content (AvgIpc) is 2.65. The van der Waals surface area contributed by atoms with Crippen LogP contribution in [0.5, 0.6) is 0 Å². The van der Waals surface area contributed by atoms with Gasteiger partial charge >= 0.3 is 0 Å². The lowest BCUT2D eigenvalue weighted by atomic mass is 10.1. The van der Waals surface area contributed by atoms with E-state index in [0.29, 0.717) is 13.0 Å². The fourth-order valence-electron chi connectivity index (χ4n) is 1.16. The van der Waals surface area contributed by atoms with Gasteiger partial charge in [0.1, 0.15) is 12.9 Å². The van der Waals surface area contributed by atoms with Crippen molar-refractivity contribution >= 4 is 5.78 Å². The minimum Gasteiger partial charge on any atom is -0.330 e. The van der Waals surface area contributed by atoms with E-state index in [2.05, 4.69) is 15.5 Å². The van der Waals surface area contributed by atoms with E-state index in [9.17, 15) is 4.79 Å². The molecule has 1 heterocycles. The van der Waals surface area contributed by atoms with Gasteiger partial charge in [-0.1, -0.05) is 6.42 Å². The molecule has 1 rings (SSSR count). The molecule has 0 amide bonds. The van der Waals surface area contributed by atoms with Crippen molar-refractivity contribution in [3.05, 3.63) is 6.33 Å². The Hall–Kier alpha value is -1.30. The first-order chi connectivity index (χ1) is 6.83. The van der Waals surface area contributed by atoms with Crippen molar-refractivity contribution in [1.29, 1.82) is 0 Å². The first-order valence-electron chi connectivity index (χ1n) is 4.75. The third-order valence-corrected chi connectivity index (χ3v) is 1.89. The van der Waals surface area contributed by atoms with E-state index >= 15 is 0 Å². The number of hydrogen-bond donors (Lipinski definition) is 1. The summed E-state index contributed by atoms with van der Waals surface area (Å²) < 4.78 is 1.44. The van der Waals surface area contributed by atoms with Gasteiger partial charge in [-0.3, -0.25) is 4.79 Å². The third-order valence-electron chi connectivity index (χ3n) is 1.89. The lowest BCUT2D eigenvalue weighted by Gasteiger charge is -1.99. The van der Waals surface area contributed by atoms with Crippen molar-refractivity contribution in [1.82, 2.24) is 20.2 Å². The average molecular weight is 197 g/mol. The largest absolute Gasteiger partial charge is 0.330 e. The second-order valence-electron chi connectivity index (χ2n) is 3.15. The summed E-state index contributed by atoms with van der Waals surface area (Å²) in [6.45, 7) is 0.969. The molecular formula is C8H15N5O. The van der Waals surface area contributed by atoms with Crippen molar-refractivity contribution in [2.24, 2.45) is 5.73 Å². The van der Waals surface area contributed by atoms with Crippen LogP contribution in [0, 0.1) is 0 Å². The molecule has 0 radical (unpaired) electrons. The van der Waals surface area contributed by atoms with E-state index in [1.165, 1.54) is 11.0 Å². The fourth-order valence-corrected chi connectivity index (χ4v) is 1.16. The van der Waals surface area contributed by atoms with Crippen LogP contribution in [0.3, 0.4) is 0 Å². The molecule has 78 valence electrons. The summed E-state index contributed by atoms with van der Waals surface area (Å²) in [6.07, 6.45) is 4.92. The summed E-state index contributed by atoms with van der Waals surface area (Å²) in [6, 6.07) is 0. The van der Waals surface area contributed by atoms with Gasteiger partial charge < -0.3 is 5.73 Å². The van der Waals surface area contributed by atoms with Crippen molar-refractivity contribution in [2.75, 3.05) is 6.54 Å². The molecule has 0 aliphatic carbocycles. The van der Waals surface area contributed by atoms with Gasteiger partial charge in [0.15, 0.2) is 5.78 Å². The maximum absolute atomic E-state index is 11.3. The lowest BCUT2D eigenvalue weighted by Crippen LogP contribution is -2.10. The summed E-state index contributed by atoms with van der Waals surface area (Å²) in [5.74, 6) is 0.161. The van der Waals surface area contributed by atoms with Crippen molar-refractivity contribution in [2.45, 2.75) is 32.2 Å². The predicted molar refractivity (Wildman–Crippen MR) is 50.3 cm³/mol. The van der Waals surface area contributed by atoms with Crippen LogP contribution in [0.25, 0.3) is 0 Å². The molecule has 14 heavy (non-hydrogen) atoms. The molecule has 2 N–H and O–H groups in total. The third kappa shape index (κ3) is 4.08. The summed E-state index contributed by atoms with van der Waals surface area (Å²) in [7, 11) is 0. The van der Waals surface area contributed by atoms with E-state index in [1.54, 1.807) is 0 Å². The Labute approximate surface area is 82.5 Å². The number of ketones is 1. The van der Waals surface area contributed by atoms with Crippen LogP contribution in [-0.2, 0) is 11.3 Å². The van der Waals surface area contributed by atoms with Gasteiger partial charge in [-0.05, 0) is 29.8 Å². The second kappa shape index (κ2) is 6.20. The Morgan fingerprint density at radius 1 is 1.36 bits per heavy atom. The highest BCUT2D eigenvalue weighted by Crippen LogP contribution is 2.00. The first kappa shape index (κ1) is 10.8. The molecular weight excluding hydrogens is 182 g/mol. The van der Waals surface area contributed by atoms with E-state index in [-0.39, 0.29) is 12.3 Å². The van der Waals surface area contributed by atoms with Crippen LogP contribution >= 0.6 is 0 Å². The molecule has 0 atom stereocenters. The highest BCUT2D eigenvalue weighted by atomic mass is 16.1. The van der Waals surface area contributed by atoms with Gasteiger partial charge in [0.05, 0.1) is 0 Å². The van der Waals surface area contributed by atoms with Crippen LogP contribution in [0.15, 0.2) is 6.33 Å². The second-order valence-corrected chi connectivity index (χ2v) is 3.15. The van der Waals surface area contributed by atoms with Crippen molar-refractivity contribution in [3.8, 4) is 0 Å². The Morgan fingerprint density at radius 3 is 2.86 bits per heavy atom. The maximum atomic E-state index is 11.3. The zero-order chi connectivity index (χ0) is 10.2. The summed E-state index contributed by atoms with van der Waals surface area (Å²) >= 11 is 0. The molecule has 0 saturated carbocycles. The molecule has 0 unspecified atom stereocenters. The molecule has 0 aromatic carbocycles. The minimum absolute atomic E-state index is 0.161. The monoisotopic (exact) mass is 197 g/mol. The number of hydrogen-bond acceptors (Lipinski definition) is 5. The molecule has 0 aliphatic heterocycles. The minimum atomic E-state index is 0.161. The molecule has 6 heteroatoms. The molecule has 1 aromatic rings. The van der Waals surface area contributed by atoms with Crippen molar-refractivity contribution < 1.29 is 4.79 Å². The molecule has 0 saturated heterocycles. The molecule has 0 bridgehead atoms. The molecule has 1 aromatic heterocycles. The van der Waals surface area contributed by atoms with E-state index in [0.717, 1.165) is 19.3 Å². The highest BCUT2D eigenvalue weighted by Gasteiger charge is 2.03. The number of nitrogens with zero attached hydrogens (tertiary/aromatic N) is 4. The molecule has 0 spiro atoms. The van der Waals surface area contributed by atoms with Crippen LogP contribution in [0.2, 0.25) is 0 Å². The van der Waals surface area contributed by atoms with E-state index in [4.69, 9.17) is 5.73 Å².